The summed E-state index contributed by atoms with van der Waals surface area (Å²) in [4.78, 5) is 28.9. The topological polar surface area (TPSA) is 62.3 Å². The number of benzene rings is 1. The van der Waals surface area contributed by atoms with E-state index in [-0.39, 0.29) is 24.8 Å². The summed E-state index contributed by atoms with van der Waals surface area (Å²) in [5, 5.41) is 0. The van der Waals surface area contributed by atoms with Crippen molar-refractivity contribution in [2.75, 3.05) is 46.4 Å². The van der Waals surface area contributed by atoms with Crippen molar-refractivity contribution >= 4 is 12.0 Å². The number of carbonyl (C=O) groups is 2. The molecule has 1 saturated heterocycles. The molecule has 2 rings (SSSR count). The molecule has 1 aromatic rings. The number of halogens is 3. The van der Waals surface area contributed by atoms with Crippen LogP contribution in [0, 0.1) is 0 Å². The van der Waals surface area contributed by atoms with Crippen molar-refractivity contribution in [3.05, 3.63) is 29.8 Å². The predicted octanol–water partition coefficient (Wildman–Crippen LogP) is 2.32. The number of piperazine rings is 1. The highest BCUT2D eigenvalue weighted by Gasteiger charge is 2.31. The number of alkyl halides is 3. The fourth-order valence-corrected chi connectivity index (χ4v) is 2.81. The highest BCUT2D eigenvalue weighted by molar-refractivity contribution is 5.82. The molecule has 1 aliphatic rings. The Balaban J connectivity index is 1.77. The molecule has 1 aromatic carbocycles. The summed E-state index contributed by atoms with van der Waals surface area (Å²) in [6, 6.07) is 5.75. The van der Waals surface area contributed by atoms with E-state index < -0.39 is 12.5 Å². The molecule has 0 radical (unpaired) electrons. The molecule has 28 heavy (non-hydrogen) atoms. The largest absolute Gasteiger partial charge is 0.573 e. The fourth-order valence-electron chi connectivity index (χ4n) is 2.81. The molecule has 0 unspecified atom stereocenters. The molecular weight excluding hydrogens is 379 g/mol. The minimum atomic E-state index is -4.70. The van der Waals surface area contributed by atoms with Gasteiger partial charge in [-0.25, -0.2) is 4.79 Å². The molecule has 7 nitrogen and oxygen atoms in total. The Hall–Kier alpha value is -2.49. The molecule has 0 atom stereocenters. The summed E-state index contributed by atoms with van der Waals surface area (Å²) in [6.45, 7) is 4.78. The van der Waals surface area contributed by atoms with E-state index in [1.54, 1.807) is 24.0 Å². The minimum Gasteiger partial charge on any atom is -0.450 e. The summed E-state index contributed by atoms with van der Waals surface area (Å²) in [7, 11) is 1.51. The van der Waals surface area contributed by atoms with Gasteiger partial charge in [-0.15, -0.1) is 13.2 Å². The van der Waals surface area contributed by atoms with Crippen molar-refractivity contribution in [2.24, 2.45) is 0 Å². The first-order valence-corrected chi connectivity index (χ1v) is 8.90. The predicted molar refractivity (Wildman–Crippen MR) is 94.6 cm³/mol. The fraction of sp³-hybridized carbons (Fsp3) is 0.556. The van der Waals surface area contributed by atoms with Crippen molar-refractivity contribution in [3.63, 3.8) is 0 Å². The van der Waals surface area contributed by atoms with E-state index in [1.807, 2.05) is 0 Å². The minimum absolute atomic E-state index is 0.0422. The first-order valence-electron chi connectivity index (χ1n) is 8.90. The molecule has 0 spiro atoms. The van der Waals surface area contributed by atoms with Gasteiger partial charge in [-0.1, -0.05) is 12.1 Å². The Kier molecular flexibility index (Phi) is 7.50. The highest BCUT2D eigenvalue weighted by atomic mass is 19.4. The van der Waals surface area contributed by atoms with Gasteiger partial charge in [0.1, 0.15) is 12.3 Å². The third kappa shape index (κ3) is 6.91. The second-order valence-corrected chi connectivity index (χ2v) is 6.40. The molecule has 0 aromatic heterocycles. The van der Waals surface area contributed by atoms with Gasteiger partial charge in [0.2, 0.25) is 5.91 Å². The number of rotatable bonds is 6. The van der Waals surface area contributed by atoms with Gasteiger partial charge in [-0.2, -0.15) is 0 Å². The summed E-state index contributed by atoms with van der Waals surface area (Å²) in [5.74, 6) is -0.402. The standard InChI is InChI=1S/C18H24F3N3O4/c1-3-27-17(26)22(2)13-16(25)24-10-8-23(9-11-24)12-14-4-6-15(7-5-14)28-18(19,20)21/h4-7H,3,8-13H2,1-2H3. The van der Waals surface area contributed by atoms with Crippen LogP contribution in [0.5, 0.6) is 5.75 Å². The van der Waals surface area contributed by atoms with Crippen LogP contribution < -0.4 is 4.74 Å². The number of nitrogens with zero attached hydrogens (tertiary/aromatic N) is 3. The molecule has 2 amide bonds. The summed E-state index contributed by atoms with van der Waals surface area (Å²) in [5.41, 5.74) is 0.858. The Morgan fingerprint density at radius 2 is 1.71 bits per heavy atom. The van der Waals surface area contributed by atoms with E-state index >= 15 is 0 Å². The van der Waals surface area contributed by atoms with Crippen LogP contribution in [0.15, 0.2) is 24.3 Å². The second-order valence-electron chi connectivity index (χ2n) is 6.40. The molecule has 1 heterocycles. The van der Waals surface area contributed by atoms with Gasteiger partial charge in [-0.3, -0.25) is 9.69 Å². The maximum Gasteiger partial charge on any atom is 0.573 e. The third-order valence-electron chi connectivity index (χ3n) is 4.24. The van der Waals surface area contributed by atoms with Crippen molar-refractivity contribution in [3.8, 4) is 5.75 Å². The Labute approximate surface area is 161 Å². The first-order chi connectivity index (χ1) is 13.2. The first kappa shape index (κ1) is 21.8. The zero-order chi connectivity index (χ0) is 20.7. The zero-order valence-electron chi connectivity index (χ0n) is 15.9. The van der Waals surface area contributed by atoms with E-state index in [0.717, 1.165) is 5.56 Å². The van der Waals surface area contributed by atoms with Crippen LogP contribution in [0.4, 0.5) is 18.0 Å². The Bertz CT molecular complexity index is 659. The van der Waals surface area contributed by atoms with Crippen molar-refractivity contribution in [1.82, 2.24) is 14.7 Å². The molecule has 0 N–H and O–H groups in total. The number of amides is 2. The summed E-state index contributed by atoms with van der Waals surface area (Å²) in [6.07, 6.45) is -5.24. The van der Waals surface area contributed by atoms with Crippen molar-refractivity contribution < 1.29 is 32.2 Å². The van der Waals surface area contributed by atoms with Crippen LogP contribution in [0.2, 0.25) is 0 Å². The van der Waals surface area contributed by atoms with E-state index in [2.05, 4.69) is 9.64 Å². The molecule has 1 fully saturated rings. The maximum absolute atomic E-state index is 12.3. The van der Waals surface area contributed by atoms with Crippen LogP contribution in [0.25, 0.3) is 0 Å². The van der Waals surface area contributed by atoms with Gasteiger partial charge >= 0.3 is 12.5 Å². The lowest BCUT2D eigenvalue weighted by atomic mass is 10.2. The number of hydrogen-bond acceptors (Lipinski definition) is 5. The van der Waals surface area contributed by atoms with E-state index in [1.165, 1.54) is 24.1 Å². The van der Waals surface area contributed by atoms with Gasteiger partial charge < -0.3 is 19.3 Å². The van der Waals surface area contributed by atoms with Crippen LogP contribution >= 0.6 is 0 Å². The number of ether oxygens (including phenoxy) is 2. The van der Waals surface area contributed by atoms with Crippen molar-refractivity contribution in [2.45, 2.75) is 19.8 Å². The summed E-state index contributed by atoms with van der Waals surface area (Å²) < 4.78 is 45.3. The monoisotopic (exact) mass is 403 g/mol. The normalized spacial score (nSPS) is 15.2. The van der Waals surface area contributed by atoms with Crippen LogP contribution in [-0.2, 0) is 16.1 Å². The molecule has 1 aliphatic heterocycles. The van der Waals surface area contributed by atoms with Gasteiger partial charge in [-0.05, 0) is 24.6 Å². The molecule has 156 valence electrons. The zero-order valence-corrected chi connectivity index (χ0v) is 15.9. The van der Waals surface area contributed by atoms with Gasteiger partial charge in [0.05, 0.1) is 6.61 Å². The quantitative estimate of drug-likeness (QED) is 0.730. The number of likely N-dealkylation sites (N-methyl/N-ethyl adjacent to an activating group) is 1. The smallest absolute Gasteiger partial charge is 0.450 e. The lowest BCUT2D eigenvalue weighted by Crippen LogP contribution is -2.51. The van der Waals surface area contributed by atoms with Gasteiger partial charge in [0.25, 0.3) is 0 Å². The van der Waals surface area contributed by atoms with E-state index in [0.29, 0.717) is 32.7 Å². The van der Waals surface area contributed by atoms with Crippen LogP contribution in [-0.4, -0.2) is 79.4 Å². The average molecular weight is 403 g/mol. The average Bonchev–Trinajstić information content (AvgIpc) is 2.63. The highest BCUT2D eigenvalue weighted by Crippen LogP contribution is 2.23. The third-order valence-corrected chi connectivity index (χ3v) is 4.24. The molecule has 0 aliphatic carbocycles. The van der Waals surface area contributed by atoms with Gasteiger partial charge in [0, 0.05) is 39.8 Å². The Morgan fingerprint density at radius 1 is 1.11 bits per heavy atom. The molecule has 0 bridgehead atoms. The maximum atomic E-state index is 12.3. The van der Waals surface area contributed by atoms with E-state index in [9.17, 15) is 22.8 Å². The van der Waals surface area contributed by atoms with Crippen LogP contribution in [0.3, 0.4) is 0 Å². The molecular formula is C18H24F3N3O4. The van der Waals surface area contributed by atoms with E-state index in [4.69, 9.17) is 4.74 Å². The second kappa shape index (κ2) is 9.63. The Morgan fingerprint density at radius 3 is 2.25 bits per heavy atom. The number of hydrogen-bond donors (Lipinski definition) is 0. The molecule has 0 saturated carbocycles. The van der Waals surface area contributed by atoms with Gasteiger partial charge in [0.15, 0.2) is 0 Å². The SMILES string of the molecule is CCOC(=O)N(C)CC(=O)N1CCN(Cc2ccc(OC(F)(F)F)cc2)CC1. The molecule has 10 heteroatoms. The summed E-state index contributed by atoms with van der Waals surface area (Å²) >= 11 is 0. The van der Waals surface area contributed by atoms with Crippen LogP contribution in [0.1, 0.15) is 12.5 Å². The lowest BCUT2D eigenvalue weighted by molar-refractivity contribution is -0.274. The lowest BCUT2D eigenvalue weighted by Gasteiger charge is -2.35. The van der Waals surface area contributed by atoms with Crippen molar-refractivity contribution in [1.29, 1.82) is 0 Å². The number of carbonyl (C=O) groups excluding carboxylic acids is 2.